The van der Waals surface area contributed by atoms with Crippen molar-refractivity contribution in [1.29, 1.82) is 0 Å². The van der Waals surface area contributed by atoms with Gasteiger partial charge in [-0.2, -0.15) is 0 Å². The molecular weight excluding hydrogens is 303 g/mol. The van der Waals surface area contributed by atoms with Gasteiger partial charge in [-0.25, -0.2) is 9.18 Å². The lowest BCUT2D eigenvalue weighted by atomic mass is 9.96. The highest BCUT2D eigenvalue weighted by atomic mass is 19.1. The van der Waals surface area contributed by atoms with Crippen LogP contribution in [0.3, 0.4) is 0 Å². The van der Waals surface area contributed by atoms with E-state index in [0.29, 0.717) is 5.56 Å². The molecule has 6 nitrogen and oxygen atoms in total. The molecule has 1 aromatic carbocycles. The van der Waals surface area contributed by atoms with E-state index in [9.17, 15) is 19.4 Å². The Bertz CT molecular complexity index is 558. The normalized spacial score (nSPS) is 14.2. The second kappa shape index (κ2) is 7.61. The van der Waals surface area contributed by atoms with Crippen LogP contribution < -0.4 is 11.1 Å². The van der Waals surface area contributed by atoms with Crippen LogP contribution in [-0.4, -0.2) is 34.6 Å². The van der Waals surface area contributed by atoms with E-state index >= 15 is 0 Å². The lowest BCUT2D eigenvalue weighted by molar-refractivity contribution is 0.0118. The first-order chi connectivity index (χ1) is 10.5. The molecule has 0 aliphatic rings. The molecule has 0 radical (unpaired) electrons. The summed E-state index contributed by atoms with van der Waals surface area (Å²) in [6.45, 7) is 6.96. The predicted molar refractivity (Wildman–Crippen MR) is 85.4 cm³/mol. The van der Waals surface area contributed by atoms with E-state index in [1.54, 1.807) is 27.7 Å². The predicted octanol–water partition coefficient (Wildman–Crippen LogP) is 2.03. The lowest BCUT2D eigenvalue weighted by Crippen LogP contribution is -2.34. The third-order valence-electron chi connectivity index (χ3n) is 3.24. The van der Waals surface area contributed by atoms with E-state index in [4.69, 9.17) is 10.5 Å². The summed E-state index contributed by atoms with van der Waals surface area (Å²) < 4.78 is 18.5. The van der Waals surface area contributed by atoms with E-state index in [0.717, 1.165) is 12.1 Å². The maximum atomic E-state index is 13.4. The summed E-state index contributed by atoms with van der Waals surface area (Å²) in [6.07, 6.45) is -3.00. The van der Waals surface area contributed by atoms with Gasteiger partial charge in [0.2, 0.25) is 0 Å². The average molecular weight is 328 g/mol. The van der Waals surface area contributed by atoms with Gasteiger partial charge in [-0.3, -0.25) is 0 Å². The minimum Gasteiger partial charge on any atom is -0.444 e. The third kappa shape index (κ3) is 6.03. The van der Waals surface area contributed by atoms with Gasteiger partial charge in [-0.1, -0.05) is 0 Å². The van der Waals surface area contributed by atoms with Crippen LogP contribution >= 0.6 is 0 Å². The summed E-state index contributed by atoms with van der Waals surface area (Å²) in [5.41, 5.74) is 5.99. The van der Waals surface area contributed by atoms with Gasteiger partial charge in [0.25, 0.3) is 0 Å². The number of rotatable bonds is 5. The Labute approximate surface area is 135 Å². The van der Waals surface area contributed by atoms with Crippen LogP contribution in [0.25, 0.3) is 0 Å². The quantitative estimate of drug-likeness (QED) is 0.619. The van der Waals surface area contributed by atoms with Gasteiger partial charge in [0.15, 0.2) is 0 Å². The van der Waals surface area contributed by atoms with Gasteiger partial charge in [-0.15, -0.1) is 0 Å². The highest BCUT2D eigenvalue weighted by Crippen LogP contribution is 2.27. The number of carbonyl (C=O) groups is 1. The van der Waals surface area contributed by atoms with Gasteiger partial charge in [-0.05, 0) is 57.4 Å². The van der Waals surface area contributed by atoms with Crippen LogP contribution in [0.1, 0.15) is 44.4 Å². The van der Waals surface area contributed by atoms with Crippen molar-refractivity contribution in [3.05, 3.63) is 29.1 Å². The third-order valence-corrected chi connectivity index (χ3v) is 3.24. The highest BCUT2D eigenvalue weighted by Gasteiger charge is 2.22. The Hall–Kier alpha value is -1.86. The largest absolute Gasteiger partial charge is 0.444 e. The molecule has 23 heavy (non-hydrogen) atoms. The molecular formula is C16H25FN2O4. The van der Waals surface area contributed by atoms with Crippen LogP contribution in [0, 0.1) is 12.7 Å². The topological polar surface area (TPSA) is 105 Å². The molecule has 130 valence electrons. The molecule has 1 aromatic rings. The first-order valence-electron chi connectivity index (χ1n) is 7.39. The maximum absolute atomic E-state index is 13.4. The number of amides is 1. The second-order valence-corrected chi connectivity index (χ2v) is 6.44. The monoisotopic (exact) mass is 328 g/mol. The lowest BCUT2D eigenvalue weighted by Gasteiger charge is -2.22. The van der Waals surface area contributed by atoms with E-state index < -0.39 is 29.7 Å². The number of aliphatic hydroxyl groups excluding tert-OH is 2. The van der Waals surface area contributed by atoms with Crippen molar-refractivity contribution in [3.8, 4) is 0 Å². The number of carbonyl (C=O) groups excluding carboxylic acids is 1. The number of hydrogen-bond acceptors (Lipinski definition) is 5. The Kier molecular flexibility index (Phi) is 6.35. The van der Waals surface area contributed by atoms with Crippen molar-refractivity contribution in [3.63, 3.8) is 0 Å². The minimum atomic E-state index is -1.30. The first kappa shape index (κ1) is 19.2. The number of anilines is 1. The summed E-state index contributed by atoms with van der Waals surface area (Å²) in [7, 11) is 0. The molecule has 2 atom stereocenters. The van der Waals surface area contributed by atoms with Crippen LogP contribution in [-0.2, 0) is 4.74 Å². The summed E-state index contributed by atoms with van der Waals surface area (Å²) in [4.78, 5) is 11.5. The fourth-order valence-electron chi connectivity index (χ4n) is 2.03. The Morgan fingerprint density at radius 1 is 1.39 bits per heavy atom. The van der Waals surface area contributed by atoms with Gasteiger partial charge in [0.05, 0.1) is 6.10 Å². The molecule has 0 spiro atoms. The number of alkyl carbamates (subject to hydrolysis) is 1. The molecule has 5 N–H and O–H groups in total. The van der Waals surface area contributed by atoms with Crippen molar-refractivity contribution in [2.45, 2.75) is 51.9 Å². The number of benzene rings is 1. The molecule has 0 aliphatic carbocycles. The van der Waals surface area contributed by atoms with Crippen molar-refractivity contribution in [1.82, 2.24) is 5.32 Å². The molecule has 0 aromatic heterocycles. The SMILES string of the molecule is Cc1c(N)cc(F)cc1C(O)C(O)CCNC(=O)OC(C)(C)C. The molecule has 0 bridgehead atoms. The van der Waals surface area contributed by atoms with Crippen molar-refractivity contribution in [2.24, 2.45) is 0 Å². The number of hydrogen-bond donors (Lipinski definition) is 4. The fourth-order valence-corrected chi connectivity index (χ4v) is 2.03. The van der Waals surface area contributed by atoms with Crippen molar-refractivity contribution >= 4 is 11.8 Å². The average Bonchev–Trinajstić information content (AvgIpc) is 2.39. The summed E-state index contributed by atoms with van der Waals surface area (Å²) >= 11 is 0. The van der Waals surface area contributed by atoms with Gasteiger partial charge in [0.1, 0.15) is 17.5 Å². The van der Waals surface area contributed by atoms with Crippen LogP contribution in [0.5, 0.6) is 0 Å². The highest BCUT2D eigenvalue weighted by molar-refractivity contribution is 5.67. The van der Waals surface area contributed by atoms with E-state index in [1.807, 2.05) is 0 Å². The number of nitrogens with one attached hydrogen (secondary N) is 1. The van der Waals surface area contributed by atoms with Gasteiger partial charge >= 0.3 is 6.09 Å². The summed E-state index contributed by atoms with van der Waals surface area (Å²) in [5.74, 6) is -0.582. The Morgan fingerprint density at radius 2 is 2.00 bits per heavy atom. The zero-order valence-corrected chi connectivity index (χ0v) is 13.9. The zero-order chi connectivity index (χ0) is 17.8. The summed E-state index contributed by atoms with van der Waals surface area (Å²) in [6, 6.07) is 2.29. The summed E-state index contributed by atoms with van der Waals surface area (Å²) in [5, 5.41) is 22.7. The number of aliphatic hydroxyl groups is 2. The molecule has 0 aliphatic heterocycles. The van der Waals surface area contributed by atoms with Crippen molar-refractivity contribution < 1.29 is 24.1 Å². The molecule has 0 saturated carbocycles. The van der Waals surface area contributed by atoms with Crippen LogP contribution in [0.4, 0.5) is 14.9 Å². The molecule has 1 rings (SSSR count). The molecule has 2 unspecified atom stereocenters. The van der Waals surface area contributed by atoms with Crippen LogP contribution in [0.15, 0.2) is 12.1 Å². The van der Waals surface area contributed by atoms with Gasteiger partial charge < -0.3 is 26.0 Å². The second-order valence-electron chi connectivity index (χ2n) is 6.44. The van der Waals surface area contributed by atoms with E-state index in [-0.39, 0.29) is 24.2 Å². The molecule has 7 heteroatoms. The number of nitrogen functional groups attached to an aromatic ring is 1. The number of ether oxygens (including phenoxy) is 1. The number of halogens is 1. The molecule has 0 heterocycles. The van der Waals surface area contributed by atoms with E-state index in [2.05, 4.69) is 5.32 Å². The van der Waals surface area contributed by atoms with Crippen molar-refractivity contribution in [2.75, 3.05) is 12.3 Å². The molecule has 0 saturated heterocycles. The fraction of sp³-hybridized carbons (Fsp3) is 0.562. The Morgan fingerprint density at radius 3 is 2.57 bits per heavy atom. The smallest absolute Gasteiger partial charge is 0.407 e. The molecule has 1 amide bonds. The van der Waals surface area contributed by atoms with E-state index in [1.165, 1.54) is 0 Å². The maximum Gasteiger partial charge on any atom is 0.407 e. The minimum absolute atomic E-state index is 0.0796. The van der Waals surface area contributed by atoms with Crippen LogP contribution in [0.2, 0.25) is 0 Å². The first-order valence-corrected chi connectivity index (χ1v) is 7.39. The Balaban J connectivity index is 2.58. The zero-order valence-electron chi connectivity index (χ0n) is 13.9. The van der Waals surface area contributed by atoms with Gasteiger partial charge in [0, 0.05) is 12.2 Å². The standard InChI is InChI=1S/C16H25FN2O4/c1-9-11(7-10(17)8-12(9)18)14(21)13(20)5-6-19-15(22)23-16(2,3)4/h7-8,13-14,20-21H,5-6,18H2,1-4H3,(H,19,22). The molecule has 0 fully saturated rings. The number of nitrogens with two attached hydrogens (primary N) is 1.